The van der Waals surface area contributed by atoms with Crippen molar-refractivity contribution in [3.8, 4) is 0 Å². The van der Waals surface area contributed by atoms with Crippen molar-refractivity contribution in [1.82, 2.24) is 5.43 Å². The fourth-order valence-electron chi connectivity index (χ4n) is 1.96. The molecule has 2 aromatic rings. The Hall–Kier alpha value is -1.86. The Morgan fingerprint density at radius 2 is 2.17 bits per heavy atom. The van der Waals surface area contributed by atoms with E-state index in [1.807, 2.05) is 0 Å². The van der Waals surface area contributed by atoms with E-state index < -0.39 is 12.1 Å². The van der Waals surface area contributed by atoms with Gasteiger partial charge in [0.05, 0.1) is 11.5 Å². The Balaban J connectivity index is 2.42. The van der Waals surface area contributed by atoms with Crippen LogP contribution in [0.25, 0.3) is 10.9 Å². The minimum Gasteiger partial charge on any atom is -0.853 e. The van der Waals surface area contributed by atoms with Crippen LogP contribution in [0, 0.1) is 5.21 Å². The van der Waals surface area contributed by atoms with Crippen LogP contribution in [0.15, 0.2) is 33.8 Å². The molecule has 0 saturated heterocycles. The number of aromatic nitrogens is 1. The van der Waals surface area contributed by atoms with Crippen molar-refractivity contribution in [3.05, 3.63) is 45.2 Å². The largest absolute Gasteiger partial charge is 0.853 e. The number of benzene rings is 1. The van der Waals surface area contributed by atoms with Gasteiger partial charge in [-0.2, -0.15) is 9.83 Å². The molecule has 0 bridgehead atoms. The van der Waals surface area contributed by atoms with Crippen molar-refractivity contribution in [2.45, 2.75) is 6.23 Å². The number of fused-ring (bicyclic) bond motifs is 2. The molecule has 7 heteroatoms. The molecular formula is C11H7BrN3O3-. The number of pyridine rings is 1. The quantitative estimate of drug-likeness (QED) is 0.523. The summed E-state index contributed by atoms with van der Waals surface area (Å²) in [7, 11) is 0. The second kappa shape index (κ2) is 3.82. The summed E-state index contributed by atoms with van der Waals surface area (Å²) in [5.41, 5.74) is 2.71. The molecule has 1 aromatic heterocycles. The first-order valence-electron chi connectivity index (χ1n) is 5.12. The molecule has 1 unspecified atom stereocenters. The number of aliphatic hydroxyl groups excluding tert-OH is 1. The average Bonchev–Trinajstić information content (AvgIpc) is 2.33. The van der Waals surface area contributed by atoms with Gasteiger partial charge in [0.2, 0.25) is 11.2 Å². The zero-order valence-corrected chi connectivity index (χ0v) is 10.5. The summed E-state index contributed by atoms with van der Waals surface area (Å²) < 4.78 is 1.32. The van der Waals surface area contributed by atoms with Crippen LogP contribution < -0.4 is 15.3 Å². The van der Waals surface area contributed by atoms with E-state index >= 15 is 0 Å². The lowest BCUT2D eigenvalue weighted by molar-refractivity contribution is -0.582. The predicted octanol–water partition coefficient (Wildman–Crippen LogP) is -0.148. The number of nitrogens with zero attached hydrogens (tertiary/aromatic N) is 2. The van der Waals surface area contributed by atoms with E-state index in [1.165, 1.54) is 0 Å². The van der Waals surface area contributed by atoms with Crippen molar-refractivity contribution in [1.29, 1.82) is 0 Å². The monoisotopic (exact) mass is 308 g/mol. The zero-order valence-electron chi connectivity index (χ0n) is 8.92. The molecule has 1 atom stereocenters. The van der Waals surface area contributed by atoms with Crippen LogP contribution in [0.3, 0.4) is 0 Å². The standard InChI is InChI=1S/C11H8BrN3O3/c12-6-1-2-8-5(3-6)4-7-9(15(8)18)11(17)14-13-10(7)16/h1-4,10,13,16H,(H,14,17)/p-1. The summed E-state index contributed by atoms with van der Waals surface area (Å²) in [5.74, 6) is -0.685. The smallest absolute Gasteiger partial charge is 0.237 e. The van der Waals surface area contributed by atoms with Crippen molar-refractivity contribution in [2.75, 3.05) is 0 Å². The lowest BCUT2D eigenvalue weighted by Gasteiger charge is -2.23. The van der Waals surface area contributed by atoms with E-state index in [1.54, 1.807) is 24.3 Å². The van der Waals surface area contributed by atoms with E-state index in [-0.39, 0.29) is 11.3 Å². The van der Waals surface area contributed by atoms with Crippen molar-refractivity contribution in [2.24, 2.45) is 5.10 Å². The van der Waals surface area contributed by atoms with Gasteiger partial charge in [0.25, 0.3) is 0 Å². The van der Waals surface area contributed by atoms with Crippen molar-refractivity contribution < 1.29 is 14.9 Å². The van der Waals surface area contributed by atoms with Crippen molar-refractivity contribution in [3.63, 3.8) is 0 Å². The van der Waals surface area contributed by atoms with E-state index in [4.69, 9.17) is 0 Å². The SMILES string of the molecule is [O-]C1=NNC(O)c2cc3cc(Br)ccc3[n+]([O-])c21. The normalized spacial score (nSPS) is 18.1. The Bertz CT molecular complexity index is 687. The average molecular weight is 309 g/mol. The summed E-state index contributed by atoms with van der Waals surface area (Å²) in [6.45, 7) is 0. The van der Waals surface area contributed by atoms with Gasteiger partial charge in [-0.15, -0.1) is 0 Å². The third-order valence-corrected chi connectivity index (χ3v) is 3.27. The summed E-state index contributed by atoms with van der Waals surface area (Å²) in [6.07, 6.45) is -1.15. The fraction of sp³-hybridized carbons (Fsp3) is 0.0909. The van der Waals surface area contributed by atoms with E-state index in [9.17, 15) is 15.4 Å². The maximum absolute atomic E-state index is 12.1. The van der Waals surface area contributed by atoms with Gasteiger partial charge in [-0.1, -0.05) is 15.9 Å². The third-order valence-electron chi connectivity index (χ3n) is 2.78. The zero-order chi connectivity index (χ0) is 12.9. The second-order valence-electron chi connectivity index (χ2n) is 3.89. The molecule has 0 radical (unpaired) electrons. The molecule has 3 rings (SSSR count). The number of hydrogen-bond acceptors (Lipinski definition) is 5. The van der Waals surface area contributed by atoms with Gasteiger partial charge >= 0.3 is 0 Å². The highest BCUT2D eigenvalue weighted by Gasteiger charge is 2.26. The molecule has 1 aromatic carbocycles. The summed E-state index contributed by atoms with van der Waals surface area (Å²) >= 11 is 3.31. The van der Waals surface area contributed by atoms with Crippen LogP contribution in [0.4, 0.5) is 0 Å². The van der Waals surface area contributed by atoms with Crippen molar-refractivity contribution >= 4 is 32.7 Å². The molecule has 6 nitrogen and oxygen atoms in total. The van der Waals surface area contributed by atoms with E-state index in [0.717, 1.165) is 4.47 Å². The predicted molar refractivity (Wildman–Crippen MR) is 65.2 cm³/mol. The minimum atomic E-state index is -1.15. The number of nitrogens with one attached hydrogen (secondary N) is 1. The number of hydrazone groups is 1. The van der Waals surface area contributed by atoms with Crippen LogP contribution in [-0.2, 0) is 0 Å². The van der Waals surface area contributed by atoms with Gasteiger partial charge in [-0.05, 0) is 18.2 Å². The van der Waals surface area contributed by atoms with Gasteiger partial charge in [-0.3, -0.25) is 5.43 Å². The maximum Gasteiger partial charge on any atom is 0.237 e. The molecule has 1 aliphatic heterocycles. The van der Waals surface area contributed by atoms with Gasteiger partial charge < -0.3 is 15.4 Å². The first kappa shape index (κ1) is 11.2. The van der Waals surface area contributed by atoms with Gasteiger partial charge in [-0.25, -0.2) is 0 Å². The topological polar surface area (TPSA) is 94.6 Å². The number of hydrogen-bond donors (Lipinski definition) is 2. The van der Waals surface area contributed by atoms with Crippen LogP contribution >= 0.6 is 15.9 Å². The van der Waals surface area contributed by atoms with Gasteiger partial charge in [0, 0.05) is 15.9 Å². The highest BCUT2D eigenvalue weighted by Crippen LogP contribution is 2.24. The lowest BCUT2D eigenvalue weighted by Crippen LogP contribution is -2.45. The Morgan fingerprint density at radius 1 is 1.39 bits per heavy atom. The lowest BCUT2D eigenvalue weighted by atomic mass is 10.1. The molecule has 92 valence electrons. The van der Waals surface area contributed by atoms with Crippen LogP contribution in [0.2, 0.25) is 0 Å². The molecule has 0 amide bonds. The van der Waals surface area contributed by atoms with E-state index in [2.05, 4.69) is 26.5 Å². The number of rotatable bonds is 0. The highest BCUT2D eigenvalue weighted by atomic mass is 79.9. The first-order valence-corrected chi connectivity index (χ1v) is 5.91. The second-order valence-corrected chi connectivity index (χ2v) is 4.81. The summed E-state index contributed by atoms with van der Waals surface area (Å²) in [4.78, 5) is 0. The Labute approximate surface area is 110 Å². The molecule has 18 heavy (non-hydrogen) atoms. The van der Waals surface area contributed by atoms with Crippen LogP contribution in [-0.4, -0.2) is 11.0 Å². The molecular weight excluding hydrogens is 302 g/mol. The summed E-state index contributed by atoms with van der Waals surface area (Å²) in [6, 6.07) is 6.66. The first-order chi connectivity index (χ1) is 8.58. The Kier molecular flexibility index (Phi) is 2.39. The molecule has 0 saturated carbocycles. The molecule has 1 aliphatic rings. The molecule has 2 heterocycles. The highest BCUT2D eigenvalue weighted by molar-refractivity contribution is 9.10. The minimum absolute atomic E-state index is 0.143. The maximum atomic E-state index is 12.1. The van der Waals surface area contributed by atoms with Crippen LogP contribution in [0.1, 0.15) is 17.5 Å². The Morgan fingerprint density at radius 3 is 2.94 bits per heavy atom. The molecule has 0 aliphatic carbocycles. The molecule has 0 spiro atoms. The van der Waals surface area contributed by atoms with Crippen LogP contribution in [0.5, 0.6) is 0 Å². The summed E-state index contributed by atoms with van der Waals surface area (Å²) in [5, 5.41) is 37.4. The number of aliphatic hydroxyl groups is 1. The fourth-order valence-corrected chi connectivity index (χ4v) is 2.34. The molecule has 0 fully saturated rings. The third kappa shape index (κ3) is 1.52. The molecule has 2 N–H and O–H groups in total. The number of halogens is 1. The van der Waals surface area contributed by atoms with Gasteiger partial charge in [0.15, 0.2) is 6.23 Å². The van der Waals surface area contributed by atoms with Gasteiger partial charge in [0.1, 0.15) is 0 Å². The van der Waals surface area contributed by atoms with E-state index in [0.29, 0.717) is 15.6 Å².